The van der Waals surface area contributed by atoms with E-state index in [4.69, 9.17) is 0 Å². The van der Waals surface area contributed by atoms with E-state index in [9.17, 15) is 4.79 Å². The molecule has 0 aliphatic carbocycles. The molecule has 1 aliphatic rings. The predicted molar refractivity (Wildman–Crippen MR) is 105 cm³/mol. The lowest BCUT2D eigenvalue weighted by Gasteiger charge is -2.38. The van der Waals surface area contributed by atoms with E-state index in [0.717, 1.165) is 42.6 Å². The van der Waals surface area contributed by atoms with Crippen LogP contribution in [0, 0.1) is 0 Å². The number of carbonyl (C=O) groups is 1. The summed E-state index contributed by atoms with van der Waals surface area (Å²) in [5.41, 5.74) is 3.25. The number of benzene rings is 2. The van der Waals surface area contributed by atoms with Crippen LogP contribution in [0.15, 0.2) is 60.8 Å². The Morgan fingerprint density at radius 1 is 0.923 bits per heavy atom. The molecule has 1 saturated heterocycles. The Morgan fingerprint density at radius 3 is 2.31 bits per heavy atom. The topological polar surface area (TPSA) is 28.5 Å². The molecule has 4 nitrogen and oxygen atoms in total. The van der Waals surface area contributed by atoms with Crippen molar-refractivity contribution in [3.8, 4) is 0 Å². The van der Waals surface area contributed by atoms with Gasteiger partial charge in [-0.25, -0.2) is 0 Å². The SMILES string of the molecule is CC(c1ccccc1)N1CCN(C(=O)c2cn(C)c3ccccc23)CC1. The third-order valence-corrected chi connectivity index (χ3v) is 5.56. The number of carbonyl (C=O) groups excluding carboxylic acids is 1. The molecule has 0 N–H and O–H groups in total. The highest BCUT2D eigenvalue weighted by Crippen LogP contribution is 2.24. The second kappa shape index (κ2) is 6.96. The largest absolute Gasteiger partial charge is 0.350 e. The van der Waals surface area contributed by atoms with Crippen molar-refractivity contribution in [3.05, 3.63) is 71.9 Å². The molecule has 0 spiro atoms. The van der Waals surface area contributed by atoms with Gasteiger partial charge in [-0.15, -0.1) is 0 Å². The van der Waals surface area contributed by atoms with E-state index in [-0.39, 0.29) is 5.91 Å². The second-order valence-corrected chi connectivity index (χ2v) is 7.09. The summed E-state index contributed by atoms with van der Waals surface area (Å²) in [6.45, 7) is 5.62. The molecule has 4 heteroatoms. The van der Waals surface area contributed by atoms with Crippen molar-refractivity contribution in [2.24, 2.45) is 7.05 Å². The highest BCUT2D eigenvalue weighted by atomic mass is 16.2. The van der Waals surface area contributed by atoms with Gasteiger partial charge >= 0.3 is 0 Å². The molecule has 0 saturated carbocycles. The van der Waals surface area contributed by atoms with Crippen LogP contribution in [0.5, 0.6) is 0 Å². The number of rotatable bonds is 3. The van der Waals surface area contributed by atoms with Gasteiger partial charge in [0.15, 0.2) is 0 Å². The van der Waals surface area contributed by atoms with Gasteiger partial charge in [-0.05, 0) is 18.6 Å². The first-order valence-electron chi connectivity index (χ1n) is 9.27. The lowest BCUT2D eigenvalue weighted by Crippen LogP contribution is -2.49. The third-order valence-electron chi connectivity index (χ3n) is 5.56. The zero-order valence-corrected chi connectivity index (χ0v) is 15.4. The zero-order valence-electron chi connectivity index (χ0n) is 15.4. The van der Waals surface area contributed by atoms with E-state index in [1.165, 1.54) is 5.56 Å². The maximum absolute atomic E-state index is 13.1. The summed E-state index contributed by atoms with van der Waals surface area (Å²) in [5, 5.41) is 1.04. The number of aromatic nitrogens is 1. The van der Waals surface area contributed by atoms with Crippen LogP contribution in [0.2, 0.25) is 0 Å². The van der Waals surface area contributed by atoms with E-state index in [1.807, 2.05) is 40.9 Å². The summed E-state index contributed by atoms with van der Waals surface area (Å²) in [6, 6.07) is 19.1. The maximum atomic E-state index is 13.1. The average Bonchev–Trinajstić information content (AvgIpc) is 3.05. The molecule has 0 radical (unpaired) electrons. The van der Waals surface area contributed by atoms with Crippen molar-refractivity contribution in [1.82, 2.24) is 14.4 Å². The maximum Gasteiger partial charge on any atom is 0.256 e. The van der Waals surface area contributed by atoms with Crippen LogP contribution >= 0.6 is 0 Å². The first kappa shape index (κ1) is 16.9. The first-order chi connectivity index (χ1) is 12.6. The van der Waals surface area contributed by atoms with Gasteiger partial charge in [0.1, 0.15) is 0 Å². The van der Waals surface area contributed by atoms with Gasteiger partial charge in [-0.1, -0.05) is 48.5 Å². The quantitative estimate of drug-likeness (QED) is 0.723. The Bertz CT molecular complexity index is 908. The molecular weight excluding hydrogens is 322 g/mol. The first-order valence-corrected chi connectivity index (χ1v) is 9.27. The zero-order chi connectivity index (χ0) is 18.1. The summed E-state index contributed by atoms with van der Waals surface area (Å²) in [7, 11) is 2.00. The minimum Gasteiger partial charge on any atom is -0.350 e. The van der Waals surface area contributed by atoms with Crippen molar-refractivity contribution >= 4 is 16.8 Å². The number of hydrogen-bond acceptors (Lipinski definition) is 2. The van der Waals surface area contributed by atoms with Gasteiger partial charge in [-0.2, -0.15) is 0 Å². The minimum absolute atomic E-state index is 0.147. The third kappa shape index (κ3) is 3.01. The molecule has 26 heavy (non-hydrogen) atoms. The van der Waals surface area contributed by atoms with E-state index >= 15 is 0 Å². The molecule has 1 amide bonds. The molecule has 0 bridgehead atoms. The number of amides is 1. The molecule has 1 aliphatic heterocycles. The average molecular weight is 347 g/mol. The van der Waals surface area contributed by atoms with Crippen molar-refractivity contribution in [1.29, 1.82) is 0 Å². The molecule has 4 rings (SSSR count). The fourth-order valence-corrected chi connectivity index (χ4v) is 3.94. The minimum atomic E-state index is 0.147. The van der Waals surface area contributed by atoms with Crippen LogP contribution in [0.1, 0.15) is 28.9 Å². The van der Waals surface area contributed by atoms with E-state index in [1.54, 1.807) is 0 Å². The lowest BCUT2D eigenvalue weighted by atomic mass is 10.1. The van der Waals surface area contributed by atoms with E-state index in [2.05, 4.69) is 48.2 Å². The van der Waals surface area contributed by atoms with Crippen LogP contribution in [-0.2, 0) is 7.05 Å². The lowest BCUT2D eigenvalue weighted by molar-refractivity contribution is 0.0584. The Hall–Kier alpha value is -2.59. The number of fused-ring (bicyclic) bond motifs is 1. The van der Waals surface area contributed by atoms with Gasteiger partial charge < -0.3 is 9.47 Å². The number of hydrogen-bond donors (Lipinski definition) is 0. The molecule has 1 unspecified atom stereocenters. The predicted octanol–water partition coefficient (Wildman–Crippen LogP) is 3.70. The smallest absolute Gasteiger partial charge is 0.256 e. The van der Waals surface area contributed by atoms with Crippen molar-refractivity contribution < 1.29 is 4.79 Å². The molecule has 2 aromatic carbocycles. The van der Waals surface area contributed by atoms with Gasteiger partial charge in [0.25, 0.3) is 5.91 Å². The molecule has 1 fully saturated rings. The Kier molecular flexibility index (Phi) is 4.51. The van der Waals surface area contributed by atoms with Gasteiger partial charge in [0.05, 0.1) is 5.56 Å². The van der Waals surface area contributed by atoms with Crippen LogP contribution in [0.25, 0.3) is 10.9 Å². The normalized spacial score (nSPS) is 16.8. The molecule has 1 atom stereocenters. The van der Waals surface area contributed by atoms with Crippen LogP contribution in [-0.4, -0.2) is 46.5 Å². The van der Waals surface area contributed by atoms with E-state index < -0.39 is 0 Å². The Morgan fingerprint density at radius 2 is 1.58 bits per heavy atom. The molecule has 3 aromatic rings. The number of piperazine rings is 1. The summed E-state index contributed by atoms with van der Waals surface area (Å²) >= 11 is 0. The standard InChI is InChI=1S/C22H25N3O/c1-17(18-8-4-3-5-9-18)24-12-14-25(15-13-24)22(26)20-16-23(2)21-11-7-6-10-19(20)21/h3-11,16-17H,12-15H2,1-2H3. The number of para-hydroxylation sites is 1. The van der Waals surface area contributed by atoms with Crippen molar-refractivity contribution in [2.45, 2.75) is 13.0 Å². The monoisotopic (exact) mass is 347 g/mol. The highest BCUT2D eigenvalue weighted by molar-refractivity contribution is 6.07. The fraction of sp³-hybridized carbons (Fsp3) is 0.318. The van der Waals surface area contributed by atoms with Gasteiger partial charge in [0.2, 0.25) is 0 Å². The van der Waals surface area contributed by atoms with Crippen molar-refractivity contribution in [3.63, 3.8) is 0 Å². The second-order valence-electron chi connectivity index (χ2n) is 7.09. The molecular formula is C22H25N3O. The summed E-state index contributed by atoms with van der Waals surface area (Å²) in [6.07, 6.45) is 1.96. The molecule has 2 heterocycles. The van der Waals surface area contributed by atoms with Gasteiger partial charge in [0, 0.05) is 56.4 Å². The van der Waals surface area contributed by atoms with Crippen LogP contribution < -0.4 is 0 Å². The van der Waals surface area contributed by atoms with Crippen molar-refractivity contribution in [2.75, 3.05) is 26.2 Å². The molecule has 134 valence electrons. The van der Waals surface area contributed by atoms with E-state index in [0.29, 0.717) is 6.04 Å². The fourth-order valence-electron chi connectivity index (χ4n) is 3.94. The number of nitrogens with zero attached hydrogens (tertiary/aromatic N) is 3. The Balaban J connectivity index is 1.47. The molecule has 1 aromatic heterocycles. The van der Waals surface area contributed by atoms with Crippen LogP contribution in [0.4, 0.5) is 0 Å². The summed E-state index contributed by atoms with van der Waals surface area (Å²) < 4.78 is 2.04. The summed E-state index contributed by atoms with van der Waals surface area (Å²) in [5.74, 6) is 0.147. The highest BCUT2D eigenvalue weighted by Gasteiger charge is 2.26. The number of aryl methyl sites for hydroxylation is 1. The van der Waals surface area contributed by atoms with Crippen LogP contribution in [0.3, 0.4) is 0 Å². The van der Waals surface area contributed by atoms with Gasteiger partial charge in [-0.3, -0.25) is 9.69 Å². The summed E-state index contributed by atoms with van der Waals surface area (Å²) in [4.78, 5) is 17.5. The Labute approximate surface area is 154 Å².